The van der Waals surface area contributed by atoms with Gasteiger partial charge < -0.3 is 0 Å². The molecule has 0 saturated carbocycles. The molecule has 0 atom stereocenters. The summed E-state index contributed by atoms with van der Waals surface area (Å²) in [7, 11) is 1.72. The summed E-state index contributed by atoms with van der Waals surface area (Å²) in [5.41, 5.74) is 0. The fraction of sp³-hybridized carbons (Fsp3) is 0. The molecule has 0 fully saturated rings. The van der Waals surface area contributed by atoms with E-state index in [1.165, 1.54) is 0 Å². The van der Waals surface area contributed by atoms with Crippen molar-refractivity contribution < 1.29 is 26.3 Å². The standard InChI is InChI=1S/Na.HOP.Ti/c;1-2;/h;2H;. The first-order valence-electron chi connectivity index (χ1n) is 0.204. The molecule has 1 nitrogen and oxygen atoms in total. The first kappa shape index (κ1) is 17.0. The quantitative estimate of drug-likeness (QED) is 0.326. The van der Waals surface area contributed by atoms with E-state index < -0.39 is 0 Å². The van der Waals surface area contributed by atoms with Crippen LogP contribution in [0.15, 0.2) is 0 Å². The summed E-state index contributed by atoms with van der Waals surface area (Å²) in [5.74, 6) is 0. The van der Waals surface area contributed by atoms with Gasteiger partial charge in [-0.15, -0.1) is 0 Å². The van der Waals surface area contributed by atoms with Crippen LogP contribution in [0.25, 0.3) is 0 Å². The molecule has 0 bridgehead atoms. The normalized spacial score (nSPS) is 1.00. The monoisotopic (exact) mass is 119 g/mol. The average Bonchev–Trinajstić information content (AvgIpc) is 1.00. The van der Waals surface area contributed by atoms with Crippen molar-refractivity contribution in [3.8, 4) is 0 Å². The van der Waals surface area contributed by atoms with Gasteiger partial charge in [0, 0.05) is 51.3 Å². The molecule has 0 aliphatic carbocycles. The van der Waals surface area contributed by atoms with Crippen molar-refractivity contribution in [3.63, 3.8) is 0 Å². The van der Waals surface area contributed by atoms with E-state index in [0.717, 1.165) is 0 Å². The molecule has 0 aliphatic heterocycles. The Hall–Kier alpha value is 1.81. The third-order valence-electron chi connectivity index (χ3n) is 0. The van der Waals surface area contributed by atoms with E-state index in [1.807, 2.05) is 0 Å². The molecule has 0 N–H and O–H groups in total. The summed E-state index contributed by atoms with van der Waals surface area (Å²) in [4.78, 5) is 0. The Balaban J connectivity index is -0.00000000500. The van der Waals surface area contributed by atoms with E-state index in [2.05, 4.69) is 0 Å². The minimum absolute atomic E-state index is 0. The van der Waals surface area contributed by atoms with Crippen LogP contribution in [0.3, 0.4) is 0 Å². The zero-order valence-electron chi connectivity index (χ0n) is 2.41. The SMILES string of the molecule is O=P.[Na].[Ti]. The van der Waals surface area contributed by atoms with Crippen LogP contribution in [0.2, 0.25) is 0 Å². The van der Waals surface area contributed by atoms with Crippen molar-refractivity contribution in [1.29, 1.82) is 0 Å². The largest absolute Gasteiger partial charge is 0.279 e. The second kappa shape index (κ2) is 21.3. The van der Waals surface area contributed by atoms with Crippen LogP contribution in [0.1, 0.15) is 0 Å². The van der Waals surface area contributed by atoms with Crippen molar-refractivity contribution >= 4 is 38.7 Å². The molecule has 4 heteroatoms. The van der Waals surface area contributed by atoms with E-state index >= 15 is 0 Å². The summed E-state index contributed by atoms with van der Waals surface area (Å²) in [6.45, 7) is 0. The third kappa shape index (κ3) is 9.18. The van der Waals surface area contributed by atoms with Crippen LogP contribution in [0.5, 0.6) is 0 Å². The molecular weight excluding hydrogens is 118 g/mol. The Bertz CT molecular complexity index is 8.00. The van der Waals surface area contributed by atoms with Crippen LogP contribution in [-0.4, -0.2) is 29.6 Å². The average molecular weight is 119 g/mol. The first-order chi connectivity index (χ1) is 1.00. The zero-order chi connectivity index (χ0) is 2.00. The Morgan fingerprint density at radius 1 is 1.25 bits per heavy atom. The second-order valence-corrected chi connectivity index (χ2v) is 0. The topological polar surface area (TPSA) is 17.1 Å². The molecular formula is HNaOPTi. The van der Waals surface area contributed by atoms with Crippen molar-refractivity contribution in [2.75, 3.05) is 0 Å². The smallest absolute Gasteiger partial charge is 0.138 e. The fourth-order valence-electron chi connectivity index (χ4n) is 0. The van der Waals surface area contributed by atoms with Crippen LogP contribution in [0.4, 0.5) is 0 Å². The third-order valence-corrected chi connectivity index (χ3v) is 0. The van der Waals surface area contributed by atoms with E-state index in [0.29, 0.717) is 0 Å². The van der Waals surface area contributed by atoms with Gasteiger partial charge >= 0.3 is 0 Å². The van der Waals surface area contributed by atoms with Gasteiger partial charge in [0.1, 0.15) is 9.12 Å². The van der Waals surface area contributed by atoms with Crippen molar-refractivity contribution in [2.24, 2.45) is 0 Å². The molecule has 0 spiro atoms. The van der Waals surface area contributed by atoms with Gasteiger partial charge in [-0.05, 0) is 0 Å². The molecule has 0 aromatic heterocycles. The van der Waals surface area contributed by atoms with Crippen LogP contribution in [-0.2, 0) is 26.3 Å². The molecule has 0 amide bonds. The van der Waals surface area contributed by atoms with E-state index in [1.54, 1.807) is 9.12 Å². The van der Waals surface area contributed by atoms with Gasteiger partial charge in [0.25, 0.3) is 0 Å². The maximum atomic E-state index is 8.06. The molecule has 0 aromatic carbocycles. The van der Waals surface area contributed by atoms with Crippen LogP contribution in [0, 0.1) is 0 Å². The van der Waals surface area contributed by atoms with Gasteiger partial charge in [0.15, 0.2) is 0 Å². The summed E-state index contributed by atoms with van der Waals surface area (Å²) < 4.78 is 8.06. The van der Waals surface area contributed by atoms with Crippen LogP contribution >= 0.6 is 9.12 Å². The van der Waals surface area contributed by atoms with Crippen molar-refractivity contribution in [2.45, 2.75) is 0 Å². The van der Waals surface area contributed by atoms with Crippen molar-refractivity contribution in [1.82, 2.24) is 0 Å². The van der Waals surface area contributed by atoms with Gasteiger partial charge in [-0.2, -0.15) is 0 Å². The van der Waals surface area contributed by atoms with Gasteiger partial charge in [0.05, 0.1) is 0 Å². The van der Waals surface area contributed by atoms with Gasteiger partial charge in [-0.1, -0.05) is 0 Å². The molecule has 0 unspecified atom stereocenters. The van der Waals surface area contributed by atoms with Gasteiger partial charge in [0.2, 0.25) is 0 Å². The number of hydrogen-bond donors (Lipinski definition) is 0. The molecule has 17 valence electrons. The minimum Gasteiger partial charge on any atom is -0.279 e. The van der Waals surface area contributed by atoms with E-state index in [-0.39, 0.29) is 51.3 Å². The summed E-state index contributed by atoms with van der Waals surface area (Å²) in [6.07, 6.45) is 0. The summed E-state index contributed by atoms with van der Waals surface area (Å²) in [6, 6.07) is 0. The molecule has 0 heterocycles. The van der Waals surface area contributed by atoms with Crippen LogP contribution < -0.4 is 0 Å². The predicted octanol–water partition coefficient (Wildman–Crippen LogP) is 0.0914. The molecule has 4 heavy (non-hydrogen) atoms. The van der Waals surface area contributed by atoms with Gasteiger partial charge in [-0.3, -0.25) is 4.57 Å². The number of rotatable bonds is 0. The maximum Gasteiger partial charge on any atom is 0.138 e. The zero-order valence-corrected chi connectivity index (χ0v) is 6.97. The van der Waals surface area contributed by atoms with E-state index in [9.17, 15) is 0 Å². The molecule has 0 aromatic rings. The minimum atomic E-state index is 0. The Labute approximate surface area is 64.3 Å². The van der Waals surface area contributed by atoms with Crippen molar-refractivity contribution in [3.05, 3.63) is 0 Å². The molecule has 0 rings (SSSR count). The Morgan fingerprint density at radius 3 is 1.25 bits per heavy atom. The fourth-order valence-corrected chi connectivity index (χ4v) is 0. The Morgan fingerprint density at radius 2 is 1.25 bits per heavy atom. The van der Waals surface area contributed by atoms with Gasteiger partial charge in [-0.25, -0.2) is 0 Å². The number of hydrogen-bond acceptors (Lipinski definition) is 1. The molecule has 0 aliphatic rings. The summed E-state index contributed by atoms with van der Waals surface area (Å²) >= 11 is 0. The van der Waals surface area contributed by atoms with E-state index in [4.69, 9.17) is 4.57 Å². The maximum absolute atomic E-state index is 8.06. The second-order valence-electron chi connectivity index (χ2n) is 0. The predicted molar refractivity (Wildman–Crippen MR) is 14.8 cm³/mol. The Kier molecular flexibility index (Phi) is 90.5. The summed E-state index contributed by atoms with van der Waals surface area (Å²) in [5, 5.41) is 0. The molecule has 0 saturated heterocycles. The first-order valence-corrected chi connectivity index (χ1v) is 0.612. The molecule has 1 radical (unpaired) electrons.